The van der Waals surface area contributed by atoms with Gasteiger partial charge < -0.3 is 4.90 Å². The zero-order valence-electron chi connectivity index (χ0n) is 17.5. The smallest absolute Gasteiger partial charge is 0.141 e. The van der Waals surface area contributed by atoms with Crippen molar-refractivity contribution in [2.45, 2.75) is 20.4 Å². The number of fused-ring (bicyclic) bond motifs is 1. The van der Waals surface area contributed by atoms with Crippen LogP contribution in [-0.2, 0) is 6.54 Å². The zero-order valence-corrected chi connectivity index (χ0v) is 18.3. The molecule has 1 fully saturated rings. The highest BCUT2D eigenvalue weighted by Gasteiger charge is 2.23. The maximum absolute atomic E-state index is 4.75. The lowest BCUT2D eigenvalue weighted by atomic mass is 9.99. The number of thiophene rings is 1. The van der Waals surface area contributed by atoms with E-state index in [1.807, 2.05) is 0 Å². The summed E-state index contributed by atoms with van der Waals surface area (Å²) in [5, 5.41) is 3.44. The van der Waals surface area contributed by atoms with Crippen LogP contribution in [0.1, 0.15) is 16.7 Å². The highest BCUT2D eigenvalue weighted by molar-refractivity contribution is 7.17. The van der Waals surface area contributed by atoms with E-state index in [1.54, 1.807) is 17.7 Å². The van der Waals surface area contributed by atoms with E-state index in [4.69, 9.17) is 4.98 Å². The number of aryl methyl sites for hydroxylation is 2. The average molecular weight is 415 g/mol. The molecule has 0 radical (unpaired) electrons. The molecule has 0 amide bonds. The van der Waals surface area contributed by atoms with Crippen molar-refractivity contribution >= 4 is 27.4 Å². The summed E-state index contributed by atoms with van der Waals surface area (Å²) in [4.78, 5) is 15.4. The molecule has 4 aromatic rings. The molecule has 1 saturated heterocycles. The van der Waals surface area contributed by atoms with Crippen LogP contribution in [-0.4, -0.2) is 41.0 Å². The molecule has 2 aromatic heterocycles. The summed E-state index contributed by atoms with van der Waals surface area (Å²) in [6, 6.07) is 17.4. The molecule has 0 saturated carbocycles. The van der Waals surface area contributed by atoms with Crippen molar-refractivity contribution in [2.75, 3.05) is 31.1 Å². The van der Waals surface area contributed by atoms with Crippen molar-refractivity contribution in [3.05, 3.63) is 76.9 Å². The predicted octanol–water partition coefficient (Wildman–Crippen LogP) is 5.30. The maximum Gasteiger partial charge on any atom is 0.141 e. The molecule has 0 bridgehead atoms. The molecule has 0 unspecified atom stereocenters. The Labute approximate surface area is 181 Å². The van der Waals surface area contributed by atoms with Gasteiger partial charge in [0.2, 0.25) is 0 Å². The molecule has 0 aliphatic carbocycles. The summed E-state index contributed by atoms with van der Waals surface area (Å²) >= 11 is 1.71. The number of hydrogen-bond donors (Lipinski definition) is 0. The molecular weight excluding hydrogens is 388 g/mol. The van der Waals surface area contributed by atoms with Crippen LogP contribution in [0, 0.1) is 13.8 Å². The second-order valence-electron chi connectivity index (χ2n) is 8.09. The molecule has 0 atom stereocenters. The molecular formula is C25H26N4S. The Bertz CT molecular complexity index is 1160. The van der Waals surface area contributed by atoms with Crippen LogP contribution in [0.3, 0.4) is 0 Å². The number of anilines is 1. The Hall–Kier alpha value is -2.76. The molecule has 5 heteroatoms. The van der Waals surface area contributed by atoms with Crippen LogP contribution in [0.5, 0.6) is 0 Å². The van der Waals surface area contributed by atoms with Gasteiger partial charge in [-0.2, -0.15) is 0 Å². The molecule has 4 nitrogen and oxygen atoms in total. The first-order valence-corrected chi connectivity index (χ1v) is 11.4. The van der Waals surface area contributed by atoms with Gasteiger partial charge in [0.05, 0.1) is 5.39 Å². The van der Waals surface area contributed by atoms with Crippen LogP contribution in [0.4, 0.5) is 5.82 Å². The lowest BCUT2D eigenvalue weighted by Gasteiger charge is -2.35. The van der Waals surface area contributed by atoms with Crippen molar-refractivity contribution in [1.82, 2.24) is 14.9 Å². The zero-order chi connectivity index (χ0) is 20.5. The first kappa shape index (κ1) is 19.2. The monoisotopic (exact) mass is 414 g/mol. The summed E-state index contributed by atoms with van der Waals surface area (Å²) in [7, 11) is 0. The molecule has 5 rings (SSSR count). The van der Waals surface area contributed by atoms with Gasteiger partial charge >= 0.3 is 0 Å². The van der Waals surface area contributed by atoms with E-state index in [0.29, 0.717) is 0 Å². The third kappa shape index (κ3) is 3.71. The van der Waals surface area contributed by atoms with Crippen LogP contribution in [0.15, 0.2) is 60.2 Å². The van der Waals surface area contributed by atoms with Gasteiger partial charge in [0.15, 0.2) is 0 Å². The molecule has 1 aliphatic rings. The third-order valence-corrected chi connectivity index (χ3v) is 6.83. The number of benzene rings is 2. The SMILES string of the molecule is Cc1ccc(-c2csc3ncnc(N4CCN(Cc5ccccc5)CC4)c23)c(C)c1. The first-order chi connectivity index (χ1) is 14.7. The predicted molar refractivity (Wildman–Crippen MR) is 126 cm³/mol. The van der Waals surface area contributed by atoms with Gasteiger partial charge in [-0.3, -0.25) is 4.90 Å². The van der Waals surface area contributed by atoms with E-state index in [-0.39, 0.29) is 0 Å². The van der Waals surface area contributed by atoms with E-state index in [1.165, 1.54) is 33.2 Å². The highest BCUT2D eigenvalue weighted by Crippen LogP contribution is 2.39. The Morgan fingerprint density at radius 1 is 0.900 bits per heavy atom. The Morgan fingerprint density at radius 3 is 2.47 bits per heavy atom. The van der Waals surface area contributed by atoms with E-state index in [0.717, 1.165) is 43.4 Å². The summed E-state index contributed by atoms with van der Waals surface area (Å²) in [6.07, 6.45) is 1.72. The fourth-order valence-corrected chi connectivity index (χ4v) is 5.27. The summed E-state index contributed by atoms with van der Waals surface area (Å²) < 4.78 is 0. The molecule has 1 aliphatic heterocycles. The molecule has 152 valence electrons. The van der Waals surface area contributed by atoms with Crippen molar-refractivity contribution in [3.63, 3.8) is 0 Å². The first-order valence-electron chi connectivity index (χ1n) is 10.5. The Balaban J connectivity index is 1.42. The number of hydrogen-bond acceptors (Lipinski definition) is 5. The Kier molecular flexibility index (Phi) is 5.23. The summed E-state index contributed by atoms with van der Waals surface area (Å²) in [5.74, 6) is 1.08. The molecule has 2 aromatic carbocycles. The standard InChI is InChI=1S/C25H26N4S/c1-18-8-9-21(19(2)14-18)22-16-30-25-23(22)24(26-17-27-25)29-12-10-28(11-13-29)15-20-6-4-3-5-7-20/h3-9,14,16-17H,10-13,15H2,1-2H3. The normalized spacial score (nSPS) is 15.1. The van der Waals surface area contributed by atoms with Crippen LogP contribution in [0.2, 0.25) is 0 Å². The fourth-order valence-electron chi connectivity index (χ4n) is 4.37. The van der Waals surface area contributed by atoms with Crippen LogP contribution < -0.4 is 4.90 Å². The van der Waals surface area contributed by atoms with Gasteiger partial charge in [-0.1, -0.05) is 54.1 Å². The summed E-state index contributed by atoms with van der Waals surface area (Å²) in [6.45, 7) is 9.42. The van der Waals surface area contributed by atoms with E-state index < -0.39 is 0 Å². The Morgan fingerprint density at radius 2 is 1.70 bits per heavy atom. The molecule has 0 N–H and O–H groups in total. The van der Waals surface area contributed by atoms with Crippen molar-refractivity contribution < 1.29 is 0 Å². The molecule has 3 heterocycles. The highest BCUT2D eigenvalue weighted by atomic mass is 32.1. The second-order valence-corrected chi connectivity index (χ2v) is 8.95. The van der Waals surface area contributed by atoms with E-state index >= 15 is 0 Å². The topological polar surface area (TPSA) is 32.3 Å². The second kappa shape index (κ2) is 8.17. The van der Waals surface area contributed by atoms with Crippen molar-refractivity contribution in [1.29, 1.82) is 0 Å². The lowest BCUT2D eigenvalue weighted by Crippen LogP contribution is -2.46. The lowest BCUT2D eigenvalue weighted by molar-refractivity contribution is 0.249. The van der Waals surface area contributed by atoms with Crippen molar-refractivity contribution in [2.24, 2.45) is 0 Å². The quantitative estimate of drug-likeness (QED) is 0.454. The number of piperazine rings is 1. The minimum absolute atomic E-state index is 0.987. The van der Waals surface area contributed by atoms with Gasteiger partial charge in [0.25, 0.3) is 0 Å². The largest absolute Gasteiger partial charge is 0.353 e. The number of nitrogens with zero attached hydrogens (tertiary/aromatic N) is 4. The van der Waals surface area contributed by atoms with Crippen LogP contribution in [0.25, 0.3) is 21.3 Å². The summed E-state index contributed by atoms with van der Waals surface area (Å²) in [5.41, 5.74) is 6.52. The van der Waals surface area contributed by atoms with Gasteiger partial charge in [0, 0.05) is 43.7 Å². The van der Waals surface area contributed by atoms with Crippen LogP contribution >= 0.6 is 11.3 Å². The number of aromatic nitrogens is 2. The van der Waals surface area contributed by atoms with E-state index in [2.05, 4.69) is 82.5 Å². The third-order valence-electron chi connectivity index (χ3n) is 5.94. The van der Waals surface area contributed by atoms with Gasteiger partial charge in [-0.15, -0.1) is 11.3 Å². The van der Waals surface area contributed by atoms with Gasteiger partial charge in [-0.05, 0) is 30.5 Å². The van der Waals surface area contributed by atoms with E-state index in [9.17, 15) is 0 Å². The van der Waals surface area contributed by atoms with Gasteiger partial charge in [-0.25, -0.2) is 9.97 Å². The minimum Gasteiger partial charge on any atom is -0.353 e. The maximum atomic E-state index is 4.75. The number of rotatable bonds is 4. The van der Waals surface area contributed by atoms with Gasteiger partial charge in [0.1, 0.15) is 17.0 Å². The molecule has 0 spiro atoms. The van der Waals surface area contributed by atoms with Crippen molar-refractivity contribution in [3.8, 4) is 11.1 Å². The fraction of sp³-hybridized carbons (Fsp3) is 0.280. The minimum atomic E-state index is 0.987. The molecule has 30 heavy (non-hydrogen) atoms. The average Bonchev–Trinajstić information content (AvgIpc) is 3.19.